The van der Waals surface area contributed by atoms with Crippen molar-refractivity contribution < 1.29 is 9.53 Å². The molecule has 5 N–H and O–H groups in total. The van der Waals surface area contributed by atoms with E-state index < -0.39 is 11.2 Å². The van der Waals surface area contributed by atoms with Crippen LogP contribution in [0.3, 0.4) is 0 Å². The Hall–Kier alpha value is -3.15. The number of hydrogen-bond acceptors (Lipinski definition) is 4. The fourth-order valence-electron chi connectivity index (χ4n) is 4.42. The molecule has 0 aliphatic heterocycles. The summed E-state index contributed by atoms with van der Waals surface area (Å²) in [5.41, 5.74) is 17.2. The van der Waals surface area contributed by atoms with Crippen molar-refractivity contribution in [3.05, 3.63) is 100 Å². The molecule has 0 atom stereocenters. The van der Waals surface area contributed by atoms with Crippen LogP contribution in [0.25, 0.3) is 0 Å². The molecular weight excluding hydrogens is 446 g/mol. The van der Waals surface area contributed by atoms with Gasteiger partial charge in [-0.25, -0.2) is 0 Å². The Morgan fingerprint density at radius 2 is 1.33 bits per heavy atom. The normalized spacial score (nSPS) is 12.4. The largest absolute Gasteiger partial charge is 0.398 e. The fraction of sp³-hybridized carbons (Fsp3) is 0.387. The quantitative estimate of drug-likeness (QED) is 0.333. The van der Waals surface area contributed by atoms with E-state index in [0.29, 0.717) is 24.3 Å². The summed E-state index contributed by atoms with van der Waals surface area (Å²) < 4.78 is 6.61. The van der Waals surface area contributed by atoms with Crippen molar-refractivity contribution in [2.24, 2.45) is 5.73 Å². The molecule has 0 aliphatic carbocycles. The third-order valence-corrected chi connectivity index (χ3v) is 6.63. The van der Waals surface area contributed by atoms with Crippen molar-refractivity contribution in [1.82, 2.24) is 5.32 Å². The molecule has 0 spiro atoms. The lowest BCUT2D eigenvalue weighted by atomic mass is 9.87. The van der Waals surface area contributed by atoms with Crippen LogP contribution in [0.1, 0.15) is 86.6 Å². The van der Waals surface area contributed by atoms with E-state index in [1.807, 2.05) is 58.0 Å². The lowest BCUT2D eigenvalue weighted by Crippen LogP contribution is -2.34. The van der Waals surface area contributed by atoms with Gasteiger partial charge in [0.15, 0.2) is 0 Å². The SMILES string of the molecule is CC(C)(C)c1ccc(CNC(=O)c2ccc(N)c(C(C)(C)OC(C)(C)c3ccc(CN)cc3)c2)cc1. The smallest absolute Gasteiger partial charge is 0.251 e. The number of nitrogens with one attached hydrogen (secondary N) is 1. The van der Waals surface area contributed by atoms with Crippen LogP contribution in [0.2, 0.25) is 0 Å². The van der Waals surface area contributed by atoms with Gasteiger partial charge in [0.2, 0.25) is 0 Å². The minimum absolute atomic E-state index is 0.0967. The summed E-state index contributed by atoms with van der Waals surface area (Å²) in [5.74, 6) is -0.149. The molecule has 0 radical (unpaired) electrons. The molecule has 1 amide bonds. The lowest BCUT2D eigenvalue weighted by Gasteiger charge is -2.37. The number of ether oxygens (including phenoxy) is 1. The summed E-state index contributed by atoms with van der Waals surface area (Å²) in [6.07, 6.45) is 0. The van der Waals surface area contributed by atoms with Crippen LogP contribution in [0, 0.1) is 0 Å². The Morgan fingerprint density at radius 3 is 1.89 bits per heavy atom. The number of anilines is 1. The predicted octanol–water partition coefficient (Wildman–Crippen LogP) is 6.14. The number of rotatable bonds is 8. The molecule has 5 nitrogen and oxygen atoms in total. The summed E-state index contributed by atoms with van der Waals surface area (Å²) in [4.78, 5) is 13.0. The van der Waals surface area contributed by atoms with Gasteiger partial charge in [0.25, 0.3) is 5.91 Å². The van der Waals surface area contributed by atoms with E-state index in [9.17, 15) is 4.79 Å². The number of hydrogen-bond donors (Lipinski definition) is 3. The van der Waals surface area contributed by atoms with Gasteiger partial charge in [-0.05, 0) is 73.6 Å². The number of nitrogens with two attached hydrogens (primary N) is 2. The minimum Gasteiger partial charge on any atom is -0.398 e. The summed E-state index contributed by atoms with van der Waals surface area (Å²) in [5, 5.41) is 3.03. The van der Waals surface area contributed by atoms with Crippen molar-refractivity contribution in [2.75, 3.05) is 5.73 Å². The first-order chi connectivity index (χ1) is 16.7. The first-order valence-electron chi connectivity index (χ1n) is 12.5. The van der Waals surface area contributed by atoms with Gasteiger partial charge < -0.3 is 21.5 Å². The van der Waals surface area contributed by atoms with E-state index in [1.54, 1.807) is 12.1 Å². The molecule has 0 saturated heterocycles. The van der Waals surface area contributed by atoms with Gasteiger partial charge >= 0.3 is 0 Å². The number of benzene rings is 3. The van der Waals surface area contributed by atoms with E-state index in [2.05, 4.69) is 50.4 Å². The minimum atomic E-state index is -0.737. The second kappa shape index (κ2) is 10.5. The van der Waals surface area contributed by atoms with Crippen LogP contribution in [-0.4, -0.2) is 5.91 Å². The molecule has 36 heavy (non-hydrogen) atoms. The molecule has 0 fully saturated rings. The maximum atomic E-state index is 13.0. The van der Waals surface area contributed by atoms with Gasteiger partial charge in [0, 0.05) is 29.9 Å². The highest BCUT2D eigenvalue weighted by atomic mass is 16.5. The average molecular weight is 488 g/mol. The zero-order chi connectivity index (χ0) is 26.7. The van der Waals surface area contributed by atoms with Gasteiger partial charge in [-0.3, -0.25) is 4.79 Å². The monoisotopic (exact) mass is 487 g/mol. The Balaban J connectivity index is 1.75. The predicted molar refractivity (Wildman–Crippen MR) is 149 cm³/mol. The Labute approximate surface area is 216 Å². The van der Waals surface area contributed by atoms with E-state index in [-0.39, 0.29) is 11.3 Å². The molecule has 0 bridgehead atoms. The van der Waals surface area contributed by atoms with Crippen molar-refractivity contribution in [3.8, 4) is 0 Å². The third-order valence-electron chi connectivity index (χ3n) is 6.63. The zero-order valence-electron chi connectivity index (χ0n) is 22.7. The molecule has 3 aromatic carbocycles. The highest BCUT2D eigenvalue weighted by Crippen LogP contribution is 2.38. The summed E-state index contributed by atoms with van der Waals surface area (Å²) in [7, 11) is 0. The molecule has 0 aliphatic rings. The highest BCUT2D eigenvalue weighted by molar-refractivity contribution is 5.94. The van der Waals surface area contributed by atoms with Gasteiger partial charge in [-0.15, -0.1) is 0 Å². The van der Waals surface area contributed by atoms with Crippen molar-refractivity contribution in [2.45, 2.75) is 78.2 Å². The van der Waals surface area contributed by atoms with Crippen molar-refractivity contribution >= 4 is 11.6 Å². The fourth-order valence-corrected chi connectivity index (χ4v) is 4.42. The van der Waals surface area contributed by atoms with Crippen LogP contribution in [-0.2, 0) is 34.4 Å². The summed E-state index contributed by atoms with van der Waals surface area (Å²) in [6, 6.07) is 21.8. The van der Waals surface area contributed by atoms with Crippen LogP contribution in [0.5, 0.6) is 0 Å². The van der Waals surface area contributed by atoms with Crippen LogP contribution in [0.4, 0.5) is 5.69 Å². The maximum absolute atomic E-state index is 13.0. The van der Waals surface area contributed by atoms with Crippen LogP contribution in [0.15, 0.2) is 66.7 Å². The van der Waals surface area contributed by atoms with Crippen molar-refractivity contribution in [1.29, 1.82) is 0 Å². The number of nitrogen functional groups attached to an aromatic ring is 1. The highest BCUT2D eigenvalue weighted by Gasteiger charge is 2.33. The van der Waals surface area contributed by atoms with Gasteiger partial charge in [0.05, 0.1) is 11.2 Å². The topological polar surface area (TPSA) is 90.4 Å². The maximum Gasteiger partial charge on any atom is 0.251 e. The second-order valence-corrected chi connectivity index (χ2v) is 11.5. The van der Waals surface area contributed by atoms with Crippen molar-refractivity contribution in [3.63, 3.8) is 0 Å². The Morgan fingerprint density at radius 1 is 0.778 bits per heavy atom. The lowest BCUT2D eigenvalue weighted by molar-refractivity contribution is -0.132. The zero-order valence-corrected chi connectivity index (χ0v) is 22.7. The second-order valence-electron chi connectivity index (χ2n) is 11.5. The van der Waals surface area contributed by atoms with E-state index in [0.717, 1.165) is 22.3 Å². The number of carbonyl (C=O) groups excluding carboxylic acids is 1. The molecular formula is C31H41N3O2. The molecule has 0 unspecified atom stereocenters. The van der Waals surface area contributed by atoms with E-state index >= 15 is 0 Å². The molecule has 3 rings (SSSR count). The molecule has 3 aromatic rings. The van der Waals surface area contributed by atoms with Gasteiger partial charge in [-0.1, -0.05) is 69.3 Å². The number of carbonyl (C=O) groups is 1. The molecule has 5 heteroatoms. The molecule has 192 valence electrons. The summed E-state index contributed by atoms with van der Waals surface area (Å²) >= 11 is 0. The number of amides is 1. The standard InChI is InChI=1S/C31H41N3O2/c1-29(2,3)24-13-10-22(11-14-24)20-34-28(35)23-12-17-27(33)26(18-23)31(6,7)36-30(4,5)25-15-8-21(19-32)9-16-25/h8-18H,19-20,32-33H2,1-7H3,(H,34,35). The molecule has 0 heterocycles. The molecule has 0 saturated carbocycles. The average Bonchev–Trinajstić information content (AvgIpc) is 2.81. The van der Waals surface area contributed by atoms with Gasteiger partial charge in [0.1, 0.15) is 0 Å². The van der Waals surface area contributed by atoms with E-state index in [1.165, 1.54) is 5.56 Å². The van der Waals surface area contributed by atoms with Crippen LogP contribution < -0.4 is 16.8 Å². The Bertz CT molecular complexity index is 1190. The van der Waals surface area contributed by atoms with Gasteiger partial charge in [-0.2, -0.15) is 0 Å². The van der Waals surface area contributed by atoms with E-state index in [4.69, 9.17) is 16.2 Å². The first kappa shape index (κ1) is 27.4. The Kier molecular flexibility index (Phi) is 7.97. The molecule has 0 aromatic heterocycles. The van der Waals surface area contributed by atoms with Crippen LogP contribution >= 0.6 is 0 Å². The third kappa shape index (κ3) is 6.54. The first-order valence-corrected chi connectivity index (χ1v) is 12.5. The summed E-state index contributed by atoms with van der Waals surface area (Å²) in [6.45, 7) is 15.5.